The molecule has 0 fully saturated rings. The van der Waals surface area contributed by atoms with Crippen molar-refractivity contribution in [3.05, 3.63) is 29.6 Å². The van der Waals surface area contributed by atoms with Crippen molar-refractivity contribution in [1.29, 1.82) is 0 Å². The molecule has 0 amide bonds. The number of carbonyl (C=O) groups excluding carboxylic acids is 1. The van der Waals surface area contributed by atoms with Crippen LogP contribution in [-0.4, -0.2) is 16.0 Å². The number of hydrogen-bond donors (Lipinski definition) is 1. The Morgan fingerprint density at radius 1 is 1.56 bits per heavy atom. The van der Waals surface area contributed by atoms with Gasteiger partial charge in [-0.15, -0.1) is 0 Å². The van der Waals surface area contributed by atoms with Crippen molar-refractivity contribution in [1.82, 2.24) is 0 Å². The Balaban J connectivity index is 2.56. The molecule has 1 aromatic carbocycles. The number of thioether (sulfide) groups is 1. The van der Waals surface area contributed by atoms with E-state index in [1.807, 2.05) is 0 Å². The lowest BCUT2D eigenvalue weighted by atomic mass is 10.2. The van der Waals surface area contributed by atoms with Crippen molar-refractivity contribution in [2.45, 2.75) is 13.3 Å². The monoisotopic (exact) mass is 238 g/mol. The van der Waals surface area contributed by atoms with Crippen molar-refractivity contribution in [2.24, 2.45) is 0 Å². The van der Waals surface area contributed by atoms with E-state index in [0.717, 1.165) is 0 Å². The van der Waals surface area contributed by atoms with E-state index in [4.69, 9.17) is 0 Å². The summed E-state index contributed by atoms with van der Waals surface area (Å²) in [5, 5.41) is 9.36. The Morgan fingerprint density at radius 2 is 2.31 bits per heavy atom. The second-order valence-electron chi connectivity index (χ2n) is 3.03. The van der Waals surface area contributed by atoms with E-state index < -0.39 is 11.6 Å². The van der Waals surface area contributed by atoms with Gasteiger partial charge in [0.1, 0.15) is 0 Å². The molecule has 2 nitrogen and oxygen atoms in total. The fourth-order valence-corrected chi connectivity index (χ4v) is 1.51. The van der Waals surface area contributed by atoms with Crippen LogP contribution in [0.3, 0.4) is 0 Å². The van der Waals surface area contributed by atoms with Crippen LogP contribution >= 0.6 is 11.8 Å². The van der Waals surface area contributed by atoms with E-state index >= 15 is 0 Å². The molecule has 0 unspecified atom stereocenters. The lowest BCUT2D eigenvalue weighted by Crippen LogP contribution is -1.85. The summed E-state index contributed by atoms with van der Waals surface area (Å²) in [6.45, 7) is 1.50. The minimum atomic E-state index is -0.676. The largest absolute Gasteiger partial charge is 0.504 e. The van der Waals surface area contributed by atoms with Crippen LogP contribution in [0.1, 0.15) is 18.9 Å². The highest BCUT2D eigenvalue weighted by molar-refractivity contribution is 8.13. The van der Waals surface area contributed by atoms with Gasteiger partial charge in [-0.05, 0) is 12.1 Å². The van der Waals surface area contributed by atoms with Crippen molar-refractivity contribution < 1.29 is 14.3 Å². The molecule has 16 heavy (non-hydrogen) atoms. The van der Waals surface area contributed by atoms with Gasteiger partial charge in [-0.25, -0.2) is 4.39 Å². The molecule has 1 N–H and O–H groups in total. The zero-order valence-corrected chi connectivity index (χ0v) is 9.60. The van der Waals surface area contributed by atoms with Crippen LogP contribution < -0.4 is 0 Å². The number of carbonyl (C=O) groups is 1. The molecular formula is C12H11FO2S. The average Bonchev–Trinajstić information content (AvgIpc) is 2.23. The summed E-state index contributed by atoms with van der Waals surface area (Å²) in [5.74, 6) is 4.95. The summed E-state index contributed by atoms with van der Waals surface area (Å²) < 4.78 is 12.9. The molecular weight excluding hydrogens is 227 g/mol. The first-order valence-electron chi connectivity index (χ1n) is 4.71. The maximum atomic E-state index is 12.9. The van der Waals surface area contributed by atoms with Crippen LogP contribution in [0.2, 0.25) is 0 Å². The van der Waals surface area contributed by atoms with Gasteiger partial charge in [-0.3, -0.25) is 4.79 Å². The van der Waals surface area contributed by atoms with Crippen LogP contribution in [0, 0.1) is 17.7 Å². The Kier molecular flexibility index (Phi) is 4.87. The van der Waals surface area contributed by atoms with E-state index in [-0.39, 0.29) is 10.7 Å². The summed E-state index contributed by atoms with van der Waals surface area (Å²) in [5.41, 5.74) is 0.271. The highest BCUT2D eigenvalue weighted by atomic mass is 32.2. The molecule has 0 aliphatic rings. The Labute approximate surface area is 97.9 Å². The van der Waals surface area contributed by atoms with Gasteiger partial charge in [0.15, 0.2) is 16.7 Å². The Hall–Kier alpha value is -1.47. The van der Waals surface area contributed by atoms with E-state index in [1.165, 1.54) is 30.8 Å². The van der Waals surface area contributed by atoms with Crippen LogP contribution in [0.5, 0.6) is 5.75 Å². The second-order valence-corrected chi connectivity index (χ2v) is 4.30. The van der Waals surface area contributed by atoms with Gasteiger partial charge in [0, 0.05) is 19.1 Å². The number of rotatable bonds is 2. The second kappa shape index (κ2) is 6.19. The van der Waals surface area contributed by atoms with Crippen LogP contribution in [-0.2, 0) is 4.79 Å². The fraction of sp³-hybridized carbons (Fsp3) is 0.250. The predicted molar refractivity (Wildman–Crippen MR) is 62.7 cm³/mol. The molecule has 0 atom stereocenters. The average molecular weight is 238 g/mol. The quantitative estimate of drug-likeness (QED) is 0.635. The Morgan fingerprint density at radius 3 is 3.00 bits per heavy atom. The first-order valence-corrected chi connectivity index (χ1v) is 5.69. The van der Waals surface area contributed by atoms with Crippen LogP contribution in [0.15, 0.2) is 18.2 Å². The molecule has 0 aliphatic heterocycles. The van der Waals surface area contributed by atoms with Crippen molar-refractivity contribution >= 4 is 16.9 Å². The summed E-state index contributed by atoms with van der Waals surface area (Å²) >= 11 is 1.20. The summed E-state index contributed by atoms with van der Waals surface area (Å²) in [6.07, 6.45) is 0.528. The molecule has 0 bridgehead atoms. The highest BCUT2D eigenvalue weighted by Gasteiger charge is 2.02. The lowest BCUT2D eigenvalue weighted by molar-refractivity contribution is -0.109. The standard InChI is InChI=1S/C12H11FO2S/c1-9(14)16-8-3-2-5-10-6-4-7-11(13)12(10)15/h4,6-7,15H,3,8H2,1H3. The number of hydrogen-bond acceptors (Lipinski definition) is 3. The number of phenols is 1. The first-order chi connectivity index (χ1) is 7.61. The smallest absolute Gasteiger partial charge is 0.185 e. The lowest BCUT2D eigenvalue weighted by Gasteiger charge is -1.96. The van der Waals surface area contributed by atoms with Crippen molar-refractivity contribution in [3.63, 3.8) is 0 Å². The maximum Gasteiger partial charge on any atom is 0.185 e. The minimum Gasteiger partial charge on any atom is -0.504 e. The molecule has 4 heteroatoms. The van der Waals surface area contributed by atoms with Crippen molar-refractivity contribution in [3.8, 4) is 17.6 Å². The molecule has 0 saturated carbocycles. The summed E-state index contributed by atoms with van der Waals surface area (Å²) in [6, 6.07) is 4.21. The van der Waals surface area contributed by atoms with Crippen LogP contribution in [0.25, 0.3) is 0 Å². The summed E-state index contributed by atoms with van der Waals surface area (Å²) in [7, 11) is 0. The maximum absolute atomic E-state index is 12.9. The van der Waals surface area contributed by atoms with Gasteiger partial charge in [0.05, 0.1) is 5.56 Å². The predicted octanol–water partition coefficient (Wildman–Crippen LogP) is 2.55. The zero-order valence-electron chi connectivity index (χ0n) is 8.79. The third kappa shape index (κ3) is 3.95. The fourth-order valence-electron chi connectivity index (χ4n) is 1.02. The zero-order chi connectivity index (χ0) is 12.0. The molecule has 0 radical (unpaired) electrons. The Bertz CT molecular complexity index is 446. The van der Waals surface area contributed by atoms with Gasteiger partial charge in [0.2, 0.25) is 0 Å². The van der Waals surface area contributed by atoms with Gasteiger partial charge >= 0.3 is 0 Å². The van der Waals surface area contributed by atoms with E-state index in [2.05, 4.69) is 11.8 Å². The number of para-hydroxylation sites is 1. The highest BCUT2D eigenvalue weighted by Crippen LogP contribution is 2.19. The molecule has 0 aromatic heterocycles. The molecule has 1 rings (SSSR count). The molecule has 0 aliphatic carbocycles. The molecule has 0 spiro atoms. The van der Waals surface area contributed by atoms with Crippen LogP contribution in [0.4, 0.5) is 4.39 Å². The third-order valence-electron chi connectivity index (χ3n) is 1.74. The van der Waals surface area contributed by atoms with Gasteiger partial charge < -0.3 is 5.11 Å². The van der Waals surface area contributed by atoms with Gasteiger partial charge in [0.25, 0.3) is 0 Å². The number of aromatic hydroxyl groups is 1. The van der Waals surface area contributed by atoms with Crippen molar-refractivity contribution in [2.75, 3.05) is 5.75 Å². The number of benzene rings is 1. The van der Waals surface area contributed by atoms with E-state index in [1.54, 1.807) is 6.07 Å². The molecule has 0 saturated heterocycles. The minimum absolute atomic E-state index is 0.0513. The molecule has 0 heterocycles. The van der Waals surface area contributed by atoms with Gasteiger partial charge in [-0.2, -0.15) is 0 Å². The SMILES string of the molecule is CC(=O)SCCC#Cc1cccc(F)c1O. The molecule has 1 aromatic rings. The number of halogens is 1. The summed E-state index contributed by atoms with van der Waals surface area (Å²) in [4.78, 5) is 10.6. The molecule has 84 valence electrons. The van der Waals surface area contributed by atoms with Gasteiger partial charge in [-0.1, -0.05) is 29.7 Å². The number of phenolic OH excluding ortho intramolecular Hbond substituents is 1. The third-order valence-corrected chi connectivity index (χ3v) is 2.56. The normalized spacial score (nSPS) is 9.38. The topological polar surface area (TPSA) is 37.3 Å². The van der Waals surface area contributed by atoms with E-state index in [9.17, 15) is 14.3 Å². The van der Waals surface area contributed by atoms with E-state index in [0.29, 0.717) is 12.2 Å². The first kappa shape index (κ1) is 12.6.